The number of carbonyl (C=O) groups excluding carboxylic acids is 3. The van der Waals surface area contributed by atoms with E-state index in [0.29, 0.717) is 53.5 Å². The fourth-order valence-electron chi connectivity index (χ4n) is 4.45. The van der Waals surface area contributed by atoms with Gasteiger partial charge in [-0.2, -0.15) is 0 Å². The molecule has 13 heteroatoms. The van der Waals surface area contributed by atoms with Crippen LogP contribution < -0.4 is 15.4 Å². The van der Waals surface area contributed by atoms with E-state index in [4.69, 9.17) is 32.4 Å². The number of nitrogens with zero attached hydrogens (tertiary/aromatic N) is 4. The topological polar surface area (TPSA) is 140 Å². The van der Waals surface area contributed by atoms with E-state index in [1.165, 1.54) is 0 Å². The predicted octanol–water partition coefficient (Wildman–Crippen LogP) is 3.45. The highest BCUT2D eigenvalue weighted by atomic mass is 35.5. The van der Waals surface area contributed by atoms with Gasteiger partial charge in [0.05, 0.1) is 6.54 Å². The van der Waals surface area contributed by atoms with Crippen LogP contribution in [0.4, 0.5) is 0 Å². The van der Waals surface area contributed by atoms with E-state index in [2.05, 4.69) is 25.8 Å². The zero-order valence-electron chi connectivity index (χ0n) is 21.8. The molecule has 0 spiro atoms. The fraction of sp³-hybridized carbons (Fsp3) is 0.286. The number of hydrogen-bond donors (Lipinski definition) is 2. The van der Waals surface area contributed by atoms with Crippen LogP contribution in [0.1, 0.15) is 29.1 Å². The van der Waals surface area contributed by atoms with E-state index >= 15 is 0 Å². The van der Waals surface area contributed by atoms with Crippen molar-refractivity contribution in [3.8, 4) is 5.88 Å². The van der Waals surface area contributed by atoms with Gasteiger partial charge in [-0.15, -0.1) is 10.2 Å². The van der Waals surface area contributed by atoms with Gasteiger partial charge in [-0.1, -0.05) is 29.3 Å². The van der Waals surface area contributed by atoms with Crippen molar-refractivity contribution in [1.82, 2.24) is 30.7 Å². The second-order valence-electron chi connectivity index (χ2n) is 9.45. The maximum atomic E-state index is 13.2. The summed E-state index contributed by atoms with van der Waals surface area (Å²) in [6.45, 7) is 0.708. The minimum absolute atomic E-state index is 0.0341. The zero-order chi connectivity index (χ0) is 28.8. The smallest absolute Gasteiger partial charge is 0.287 e. The molecule has 3 aromatic heterocycles. The average molecular weight is 597 g/mol. The van der Waals surface area contributed by atoms with Gasteiger partial charge in [-0.25, -0.2) is 0 Å². The number of ether oxygens (including phenoxy) is 1. The molecule has 2 N–H and O–H groups in total. The van der Waals surface area contributed by atoms with Crippen LogP contribution in [0.5, 0.6) is 5.88 Å². The Kier molecular flexibility index (Phi) is 8.95. The number of hydrogen-bond acceptors (Lipinski definition) is 8. The highest BCUT2D eigenvalue weighted by Gasteiger charge is 2.27. The van der Waals surface area contributed by atoms with Crippen molar-refractivity contribution in [3.05, 3.63) is 82.4 Å². The van der Waals surface area contributed by atoms with Crippen LogP contribution in [0.2, 0.25) is 10.2 Å². The summed E-state index contributed by atoms with van der Waals surface area (Å²) in [6.07, 6.45) is 2.81. The number of amides is 3. The van der Waals surface area contributed by atoms with Gasteiger partial charge in [0.2, 0.25) is 17.7 Å². The van der Waals surface area contributed by atoms with Crippen molar-refractivity contribution in [2.75, 3.05) is 19.6 Å². The summed E-state index contributed by atoms with van der Waals surface area (Å²) in [5, 5.41) is 14.5. The van der Waals surface area contributed by atoms with E-state index in [1.54, 1.807) is 65.7 Å². The molecule has 5 rings (SSSR count). The number of aromatic nitrogens is 3. The summed E-state index contributed by atoms with van der Waals surface area (Å²) < 4.78 is 11.5. The van der Waals surface area contributed by atoms with Crippen LogP contribution in [0.3, 0.4) is 0 Å². The highest BCUT2D eigenvalue weighted by Crippen LogP contribution is 2.23. The summed E-state index contributed by atoms with van der Waals surface area (Å²) in [5.41, 5.74) is 1.09. The number of rotatable bonds is 9. The summed E-state index contributed by atoms with van der Waals surface area (Å²) in [7, 11) is 0. The number of piperidine rings is 1. The van der Waals surface area contributed by atoms with E-state index in [9.17, 15) is 14.4 Å². The Balaban J connectivity index is 1.17. The van der Waals surface area contributed by atoms with E-state index in [-0.39, 0.29) is 35.9 Å². The molecule has 0 unspecified atom stereocenters. The summed E-state index contributed by atoms with van der Waals surface area (Å²) in [6, 6.07) is 14.1. The number of fused-ring (bicyclic) bond motifs is 1. The lowest BCUT2D eigenvalue weighted by Gasteiger charge is -2.32. The van der Waals surface area contributed by atoms with Crippen LogP contribution in [-0.4, -0.2) is 69.6 Å². The van der Waals surface area contributed by atoms with Crippen molar-refractivity contribution in [3.63, 3.8) is 0 Å². The Hall–Kier alpha value is -4.22. The molecular weight excluding hydrogens is 571 g/mol. The number of carbonyl (C=O) groups is 3. The Bertz CT molecular complexity index is 1520. The zero-order valence-corrected chi connectivity index (χ0v) is 23.3. The largest absolute Gasteiger partial charge is 0.473 e. The van der Waals surface area contributed by atoms with Crippen LogP contribution >= 0.6 is 23.2 Å². The number of halogens is 2. The van der Waals surface area contributed by atoms with Gasteiger partial charge >= 0.3 is 0 Å². The molecule has 0 saturated carbocycles. The van der Waals surface area contributed by atoms with Gasteiger partial charge in [0.15, 0.2) is 10.9 Å². The van der Waals surface area contributed by atoms with Crippen LogP contribution in [-0.2, 0) is 16.0 Å². The van der Waals surface area contributed by atoms with Gasteiger partial charge < -0.3 is 24.7 Å². The Morgan fingerprint density at radius 2 is 1.88 bits per heavy atom. The van der Waals surface area contributed by atoms with Gasteiger partial charge in [-0.3, -0.25) is 19.4 Å². The molecule has 4 heterocycles. The lowest BCUT2D eigenvalue weighted by molar-refractivity contribution is -0.134. The standard InChI is InChI=1S/C28H26Cl2N6O5/c29-18-4-5-22-17(13-18)14-23(41-22)28(39)33-21(15-19-3-1-2-10-31-19)27(38)32-16-26(37)36-11-8-20(9-12-36)40-25-7-6-24(30)34-35-25/h1-7,10,13-14,20-21H,8-9,11-12,15-16H2,(H,32,38)(H,33,39)/t21-/m0/s1. The Morgan fingerprint density at radius 3 is 2.61 bits per heavy atom. The quantitative estimate of drug-likeness (QED) is 0.299. The average Bonchev–Trinajstić information content (AvgIpc) is 3.41. The lowest BCUT2D eigenvalue weighted by atomic mass is 10.1. The SMILES string of the molecule is O=C(N[C@@H](Cc1ccccn1)C(=O)NCC(=O)N1CCC(Oc2ccc(Cl)nn2)CC1)c1cc2cc(Cl)ccc2o1. The number of pyridine rings is 1. The maximum Gasteiger partial charge on any atom is 0.287 e. The summed E-state index contributed by atoms with van der Waals surface area (Å²) in [5.74, 6) is -0.922. The van der Waals surface area contributed by atoms with Gasteiger partial charge in [0, 0.05) is 60.7 Å². The van der Waals surface area contributed by atoms with Crippen molar-refractivity contribution >= 4 is 51.9 Å². The maximum absolute atomic E-state index is 13.2. The first kappa shape index (κ1) is 28.3. The molecule has 11 nitrogen and oxygen atoms in total. The molecule has 3 amide bonds. The molecule has 0 aliphatic carbocycles. The van der Waals surface area contributed by atoms with E-state index < -0.39 is 17.9 Å². The van der Waals surface area contributed by atoms with Crippen molar-refractivity contribution in [1.29, 1.82) is 0 Å². The van der Waals surface area contributed by atoms with E-state index in [1.807, 2.05) is 0 Å². The second-order valence-corrected chi connectivity index (χ2v) is 10.3. The Labute approximate surface area is 245 Å². The van der Waals surface area contributed by atoms with Crippen LogP contribution in [0.15, 0.2) is 65.2 Å². The molecule has 1 atom stereocenters. The van der Waals surface area contributed by atoms with E-state index in [0.717, 1.165) is 0 Å². The van der Waals surface area contributed by atoms with Crippen molar-refractivity contribution in [2.24, 2.45) is 0 Å². The third-order valence-electron chi connectivity index (χ3n) is 6.57. The van der Waals surface area contributed by atoms with Gasteiger partial charge in [-0.05, 0) is 42.5 Å². The molecule has 212 valence electrons. The summed E-state index contributed by atoms with van der Waals surface area (Å²) in [4.78, 5) is 45.0. The van der Waals surface area contributed by atoms with Crippen LogP contribution in [0, 0.1) is 0 Å². The summed E-state index contributed by atoms with van der Waals surface area (Å²) >= 11 is 11.8. The minimum atomic E-state index is -0.998. The molecule has 0 radical (unpaired) electrons. The van der Waals surface area contributed by atoms with Crippen molar-refractivity contribution in [2.45, 2.75) is 31.4 Å². The molecule has 41 heavy (non-hydrogen) atoms. The molecule has 4 aromatic rings. The van der Waals surface area contributed by atoms with Crippen molar-refractivity contribution < 1.29 is 23.5 Å². The minimum Gasteiger partial charge on any atom is -0.473 e. The fourth-order valence-corrected chi connectivity index (χ4v) is 4.73. The number of benzene rings is 1. The molecule has 1 aliphatic heterocycles. The second kappa shape index (κ2) is 13.0. The van der Waals surface area contributed by atoms with Gasteiger partial charge in [0.25, 0.3) is 5.91 Å². The van der Waals surface area contributed by atoms with Gasteiger partial charge in [0.1, 0.15) is 17.7 Å². The highest BCUT2D eigenvalue weighted by molar-refractivity contribution is 6.31. The molecule has 1 fully saturated rings. The number of nitrogens with one attached hydrogen (secondary N) is 2. The molecule has 0 bridgehead atoms. The first-order valence-corrected chi connectivity index (χ1v) is 13.7. The first-order chi connectivity index (χ1) is 19.8. The molecular formula is C28H26Cl2N6O5. The van der Waals surface area contributed by atoms with Crippen LogP contribution in [0.25, 0.3) is 11.0 Å². The number of furan rings is 1. The Morgan fingerprint density at radius 1 is 1.05 bits per heavy atom. The third kappa shape index (κ3) is 7.50. The third-order valence-corrected chi connectivity index (χ3v) is 7.00. The molecule has 1 aliphatic rings. The monoisotopic (exact) mass is 596 g/mol. The number of likely N-dealkylation sites (tertiary alicyclic amines) is 1. The first-order valence-electron chi connectivity index (χ1n) is 13.0. The lowest BCUT2D eigenvalue weighted by Crippen LogP contribution is -2.51. The molecule has 1 saturated heterocycles. The predicted molar refractivity (Wildman–Crippen MR) is 151 cm³/mol. The normalized spacial score (nSPS) is 14.4. The molecule has 1 aromatic carbocycles.